The quantitative estimate of drug-likeness (QED) is 0.694. The number of aliphatic hydroxyl groups is 1. The van der Waals surface area contributed by atoms with Gasteiger partial charge in [-0.25, -0.2) is 0 Å². The molecule has 6 heteroatoms. The molecule has 1 atom stereocenters. The topological polar surface area (TPSA) is 93.2 Å². The molecule has 1 aliphatic rings. The third-order valence-corrected chi connectivity index (χ3v) is 3.62. The van der Waals surface area contributed by atoms with Crippen LogP contribution in [-0.4, -0.2) is 32.9 Å². The van der Waals surface area contributed by atoms with E-state index < -0.39 is 11.6 Å². The zero-order chi connectivity index (χ0) is 13.2. The molecule has 0 radical (unpaired) electrons. The number of aromatic nitrogens is 2. The van der Waals surface area contributed by atoms with Crippen molar-refractivity contribution < 1.29 is 9.90 Å². The normalized spacial score (nSPS) is 19.7. The summed E-state index contributed by atoms with van der Waals surface area (Å²) in [5, 5.41) is 16.3. The van der Waals surface area contributed by atoms with E-state index in [9.17, 15) is 9.90 Å². The monoisotopic (exact) mass is 252 g/mol. The number of aliphatic hydroxyl groups excluding tert-OH is 1. The Balaban J connectivity index is 2.03. The first-order chi connectivity index (χ1) is 8.56. The predicted octanol–water partition coefficient (Wildman–Crippen LogP) is -0.159. The third kappa shape index (κ3) is 2.54. The SMILES string of the molecule is Cn1cc(C(N)C(=O)NC2(CO)CCCC2)cn1. The van der Waals surface area contributed by atoms with E-state index in [0.29, 0.717) is 5.56 Å². The Morgan fingerprint density at radius 1 is 1.67 bits per heavy atom. The Labute approximate surface area is 106 Å². The zero-order valence-electron chi connectivity index (χ0n) is 10.6. The number of aryl methyl sites for hydroxylation is 1. The van der Waals surface area contributed by atoms with E-state index in [1.807, 2.05) is 0 Å². The van der Waals surface area contributed by atoms with Crippen molar-refractivity contribution in [1.82, 2.24) is 15.1 Å². The molecule has 100 valence electrons. The van der Waals surface area contributed by atoms with E-state index >= 15 is 0 Å². The molecule has 0 bridgehead atoms. The van der Waals surface area contributed by atoms with Crippen LogP contribution in [0.3, 0.4) is 0 Å². The minimum absolute atomic E-state index is 0.0293. The molecule has 1 heterocycles. The van der Waals surface area contributed by atoms with Gasteiger partial charge in [-0.15, -0.1) is 0 Å². The van der Waals surface area contributed by atoms with Gasteiger partial charge in [0.1, 0.15) is 6.04 Å². The molecule has 1 unspecified atom stereocenters. The van der Waals surface area contributed by atoms with Crippen LogP contribution in [-0.2, 0) is 11.8 Å². The van der Waals surface area contributed by atoms with Crippen molar-refractivity contribution in [2.75, 3.05) is 6.61 Å². The first-order valence-electron chi connectivity index (χ1n) is 6.23. The Bertz CT molecular complexity index is 423. The summed E-state index contributed by atoms with van der Waals surface area (Å²) in [7, 11) is 1.78. The summed E-state index contributed by atoms with van der Waals surface area (Å²) in [5.41, 5.74) is 6.10. The first-order valence-corrected chi connectivity index (χ1v) is 6.23. The zero-order valence-corrected chi connectivity index (χ0v) is 10.6. The van der Waals surface area contributed by atoms with Gasteiger partial charge in [0.2, 0.25) is 5.91 Å². The van der Waals surface area contributed by atoms with Crippen LogP contribution in [0.2, 0.25) is 0 Å². The Hall–Kier alpha value is -1.40. The highest BCUT2D eigenvalue weighted by atomic mass is 16.3. The van der Waals surface area contributed by atoms with Gasteiger partial charge in [0.05, 0.1) is 18.3 Å². The summed E-state index contributed by atoms with van der Waals surface area (Å²) >= 11 is 0. The summed E-state index contributed by atoms with van der Waals surface area (Å²) in [6, 6.07) is -0.734. The third-order valence-electron chi connectivity index (χ3n) is 3.62. The predicted molar refractivity (Wildman–Crippen MR) is 66.6 cm³/mol. The molecule has 0 saturated heterocycles. The standard InChI is InChI=1S/C12H20N4O2/c1-16-7-9(6-14-16)10(13)11(18)15-12(8-17)4-2-3-5-12/h6-7,10,17H,2-5,8,13H2,1H3,(H,15,18). The van der Waals surface area contributed by atoms with Crippen molar-refractivity contribution in [2.45, 2.75) is 37.3 Å². The van der Waals surface area contributed by atoms with E-state index in [-0.39, 0.29) is 12.5 Å². The molecule has 18 heavy (non-hydrogen) atoms. The molecule has 1 aromatic heterocycles. The largest absolute Gasteiger partial charge is 0.394 e. The number of nitrogens with zero attached hydrogens (tertiary/aromatic N) is 2. The van der Waals surface area contributed by atoms with Crippen molar-refractivity contribution in [3.8, 4) is 0 Å². The number of nitrogens with one attached hydrogen (secondary N) is 1. The maximum Gasteiger partial charge on any atom is 0.242 e. The van der Waals surface area contributed by atoms with Gasteiger partial charge in [-0.2, -0.15) is 5.10 Å². The van der Waals surface area contributed by atoms with E-state index in [1.165, 1.54) is 0 Å². The molecule has 0 aromatic carbocycles. The van der Waals surface area contributed by atoms with Crippen LogP contribution in [0, 0.1) is 0 Å². The molecular weight excluding hydrogens is 232 g/mol. The number of carbonyl (C=O) groups is 1. The molecule has 1 amide bonds. The summed E-state index contributed by atoms with van der Waals surface area (Å²) < 4.78 is 1.61. The van der Waals surface area contributed by atoms with E-state index in [0.717, 1.165) is 25.7 Å². The lowest BCUT2D eigenvalue weighted by atomic mass is 9.98. The van der Waals surface area contributed by atoms with E-state index in [2.05, 4.69) is 10.4 Å². The second-order valence-corrected chi connectivity index (χ2v) is 5.06. The van der Waals surface area contributed by atoms with Crippen LogP contribution in [0.5, 0.6) is 0 Å². The highest BCUT2D eigenvalue weighted by Gasteiger charge is 2.36. The van der Waals surface area contributed by atoms with Gasteiger partial charge in [-0.05, 0) is 12.8 Å². The Kier molecular flexibility index (Phi) is 3.68. The minimum Gasteiger partial charge on any atom is -0.394 e. The van der Waals surface area contributed by atoms with Gasteiger partial charge in [0, 0.05) is 18.8 Å². The maximum absolute atomic E-state index is 12.1. The lowest BCUT2D eigenvalue weighted by Gasteiger charge is -2.29. The smallest absolute Gasteiger partial charge is 0.242 e. The number of nitrogens with two attached hydrogens (primary N) is 1. The minimum atomic E-state index is -0.734. The van der Waals surface area contributed by atoms with Crippen molar-refractivity contribution >= 4 is 5.91 Å². The van der Waals surface area contributed by atoms with Crippen LogP contribution in [0.4, 0.5) is 0 Å². The molecule has 0 spiro atoms. The number of carbonyl (C=O) groups excluding carboxylic acids is 1. The Morgan fingerprint density at radius 3 is 2.83 bits per heavy atom. The summed E-state index contributed by atoms with van der Waals surface area (Å²) in [6.45, 7) is -0.0293. The average molecular weight is 252 g/mol. The van der Waals surface area contributed by atoms with E-state index in [4.69, 9.17) is 5.73 Å². The van der Waals surface area contributed by atoms with Crippen LogP contribution < -0.4 is 11.1 Å². The fourth-order valence-electron chi connectivity index (χ4n) is 2.47. The van der Waals surface area contributed by atoms with Crippen LogP contribution >= 0.6 is 0 Å². The van der Waals surface area contributed by atoms with Crippen LogP contribution in [0.15, 0.2) is 12.4 Å². The van der Waals surface area contributed by atoms with Gasteiger partial charge in [0.15, 0.2) is 0 Å². The van der Waals surface area contributed by atoms with Gasteiger partial charge >= 0.3 is 0 Å². The molecule has 1 aliphatic carbocycles. The molecular formula is C12H20N4O2. The number of hydrogen-bond acceptors (Lipinski definition) is 4. The second kappa shape index (κ2) is 5.07. The second-order valence-electron chi connectivity index (χ2n) is 5.06. The van der Waals surface area contributed by atoms with Gasteiger partial charge in [0.25, 0.3) is 0 Å². The summed E-state index contributed by atoms with van der Waals surface area (Å²) in [6.07, 6.45) is 7.00. The Morgan fingerprint density at radius 2 is 2.33 bits per heavy atom. The summed E-state index contributed by atoms with van der Waals surface area (Å²) in [4.78, 5) is 12.1. The highest BCUT2D eigenvalue weighted by molar-refractivity contribution is 5.83. The van der Waals surface area contributed by atoms with Crippen molar-refractivity contribution in [3.63, 3.8) is 0 Å². The average Bonchev–Trinajstić information content (AvgIpc) is 2.98. The molecule has 2 rings (SSSR count). The van der Waals surface area contributed by atoms with Gasteiger partial charge in [-0.1, -0.05) is 12.8 Å². The van der Waals surface area contributed by atoms with Crippen molar-refractivity contribution in [1.29, 1.82) is 0 Å². The highest BCUT2D eigenvalue weighted by Crippen LogP contribution is 2.29. The molecule has 6 nitrogen and oxygen atoms in total. The van der Waals surface area contributed by atoms with E-state index in [1.54, 1.807) is 24.1 Å². The maximum atomic E-state index is 12.1. The number of amides is 1. The van der Waals surface area contributed by atoms with Gasteiger partial charge < -0.3 is 16.2 Å². The van der Waals surface area contributed by atoms with Crippen molar-refractivity contribution in [3.05, 3.63) is 18.0 Å². The number of hydrogen-bond donors (Lipinski definition) is 3. The molecule has 0 aliphatic heterocycles. The van der Waals surface area contributed by atoms with Crippen LogP contribution in [0.25, 0.3) is 0 Å². The lowest BCUT2D eigenvalue weighted by molar-refractivity contribution is -0.125. The van der Waals surface area contributed by atoms with Crippen LogP contribution in [0.1, 0.15) is 37.3 Å². The fraction of sp³-hybridized carbons (Fsp3) is 0.667. The molecule has 1 aromatic rings. The molecule has 1 saturated carbocycles. The summed E-state index contributed by atoms with van der Waals surface area (Å²) in [5.74, 6) is -0.251. The lowest BCUT2D eigenvalue weighted by Crippen LogP contribution is -2.51. The molecule has 4 N–H and O–H groups in total. The van der Waals surface area contributed by atoms with Crippen molar-refractivity contribution in [2.24, 2.45) is 12.8 Å². The fourth-order valence-corrected chi connectivity index (χ4v) is 2.47. The van der Waals surface area contributed by atoms with Gasteiger partial charge in [-0.3, -0.25) is 9.48 Å². The molecule has 1 fully saturated rings. The number of rotatable bonds is 4. The first kappa shape index (κ1) is 13.0.